The van der Waals surface area contributed by atoms with Crippen LogP contribution in [0.5, 0.6) is 0 Å². The largest absolute Gasteiger partial charge is 0.313 e. The Hall–Kier alpha value is -3.41. The molecule has 26 heavy (non-hydrogen) atoms. The van der Waals surface area contributed by atoms with E-state index in [1.54, 1.807) is 0 Å². The third-order valence-corrected chi connectivity index (χ3v) is 4.55. The second-order valence-corrected chi connectivity index (χ2v) is 6.23. The molecule has 1 amide bonds. The number of amides is 1. The van der Waals surface area contributed by atoms with Gasteiger partial charge in [-0.3, -0.25) is 9.20 Å². The number of hydrogen-bond donors (Lipinski definition) is 1. The molecular weight excluding hydrogens is 326 g/mol. The average molecular weight is 345 g/mol. The number of aromatic nitrogens is 3. The highest BCUT2D eigenvalue weighted by Crippen LogP contribution is 2.23. The van der Waals surface area contributed by atoms with E-state index in [0.29, 0.717) is 11.4 Å². The zero-order valence-corrected chi connectivity index (χ0v) is 14.9. The molecule has 130 valence electrons. The molecule has 0 bridgehead atoms. The number of nitrogens with zero attached hydrogens (tertiary/aromatic N) is 4. The van der Waals surface area contributed by atoms with Crippen LogP contribution in [0.1, 0.15) is 28.7 Å². The molecule has 2 heterocycles. The molecule has 0 aliphatic heterocycles. The van der Waals surface area contributed by atoms with Crippen LogP contribution < -0.4 is 5.43 Å². The first-order chi connectivity index (χ1) is 12.6. The first kappa shape index (κ1) is 16.1. The van der Waals surface area contributed by atoms with Gasteiger partial charge < -0.3 is 4.57 Å². The third-order valence-electron chi connectivity index (χ3n) is 4.55. The number of hydrogen-bond acceptors (Lipinski definition) is 3. The smallest absolute Gasteiger partial charge is 0.290 e. The quantitative estimate of drug-likeness (QED) is 0.457. The minimum absolute atomic E-state index is 0.276. The van der Waals surface area contributed by atoms with Gasteiger partial charge in [-0.1, -0.05) is 42.5 Å². The summed E-state index contributed by atoms with van der Waals surface area (Å²) < 4.78 is 3.87. The van der Waals surface area contributed by atoms with E-state index in [1.165, 1.54) is 0 Å². The van der Waals surface area contributed by atoms with E-state index in [1.807, 2.05) is 84.5 Å². The molecule has 0 aliphatic rings. The third kappa shape index (κ3) is 2.47. The van der Waals surface area contributed by atoms with Crippen molar-refractivity contribution in [2.24, 2.45) is 12.1 Å². The molecule has 6 heteroatoms. The van der Waals surface area contributed by atoms with Gasteiger partial charge in [0.25, 0.3) is 5.91 Å². The van der Waals surface area contributed by atoms with Crippen molar-refractivity contribution in [1.82, 2.24) is 19.4 Å². The molecule has 0 saturated carbocycles. The Morgan fingerprint density at radius 2 is 1.69 bits per heavy atom. The highest BCUT2D eigenvalue weighted by atomic mass is 16.2. The Labute approximate surface area is 150 Å². The number of benzene rings is 2. The van der Waals surface area contributed by atoms with Gasteiger partial charge in [-0.25, -0.2) is 10.4 Å². The number of carbonyl (C=O) groups excluding carboxylic acids is 1. The van der Waals surface area contributed by atoms with Crippen molar-refractivity contribution >= 4 is 28.4 Å². The summed E-state index contributed by atoms with van der Waals surface area (Å²) in [5.41, 5.74) is 7.52. The first-order valence-corrected chi connectivity index (χ1v) is 8.40. The molecule has 2 aromatic carbocycles. The first-order valence-electron chi connectivity index (χ1n) is 8.40. The van der Waals surface area contributed by atoms with E-state index in [4.69, 9.17) is 0 Å². The SMILES string of the molecule is C/C(=N/NC(=O)c1c(C)nc2n(C)c3ccccc3n12)c1ccccc1. The number of fused-ring (bicyclic) bond motifs is 3. The van der Waals surface area contributed by atoms with E-state index < -0.39 is 0 Å². The lowest BCUT2D eigenvalue weighted by Crippen LogP contribution is -2.21. The van der Waals surface area contributed by atoms with Crippen LogP contribution in [0.4, 0.5) is 0 Å². The van der Waals surface area contributed by atoms with Gasteiger partial charge in [0.2, 0.25) is 5.78 Å². The Bertz CT molecular complexity index is 1150. The predicted molar refractivity (Wildman–Crippen MR) is 103 cm³/mol. The Morgan fingerprint density at radius 3 is 2.42 bits per heavy atom. The maximum atomic E-state index is 12.8. The normalized spacial score (nSPS) is 12.0. The van der Waals surface area contributed by atoms with Gasteiger partial charge in [-0.05, 0) is 31.5 Å². The maximum absolute atomic E-state index is 12.8. The number of carbonyl (C=O) groups is 1. The summed E-state index contributed by atoms with van der Waals surface area (Å²) in [6.07, 6.45) is 0. The van der Waals surface area contributed by atoms with Gasteiger partial charge in [-0.2, -0.15) is 5.10 Å². The molecule has 0 spiro atoms. The fourth-order valence-corrected chi connectivity index (χ4v) is 3.21. The number of hydrazone groups is 1. The monoisotopic (exact) mass is 345 g/mol. The van der Waals surface area contributed by atoms with Gasteiger partial charge in [0.05, 0.1) is 22.4 Å². The van der Waals surface area contributed by atoms with Gasteiger partial charge in [0, 0.05) is 7.05 Å². The summed E-state index contributed by atoms with van der Waals surface area (Å²) >= 11 is 0. The maximum Gasteiger partial charge on any atom is 0.290 e. The second kappa shape index (κ2) is 6.15. The standard InChI is InChI=1S/C20H19N5O/c1-13(15-9-5-4-6-10-15)22-23-19(26)18-14(2)21-20-24(3)16-11-7-8-12-17(16)25(18)20/h4-12H,1-3H3,(H,23,26)/b22-13-. The topological polar surface area (TPSA) is 63.7 Å². The molecule has 0 fully saturated rings. The van der Waals surface area contributed by atoms with Gasteiger partial charge in [0.15, 0.2) is 0 Å². The second-order valence-electron chi connectivity index (χ2n) is 6.23. The van der Waals surface area contributed by atoms with E-state index >= 15 is 0 Å². The molecular formula is C20H19N5O. The molecule has 0 radical (unpaired) electrons. The van der Waals surface area contributed by atoms with Crippen molar-refractivity contribution < 1.29 is 4.79 Å². The van der Waals surface area contributed by atoms with E-state index in [0.717, 1.165) is 28.1 Å². The predicted octanol–water partition coefficient (Wildman–Crippen LogP) is 3.29. The van der Waals surface area contributed by atoms with E-state index in [-0.39, 0.29) is 5.91 Å². The number of imidazole rings is 2. The van der Waals surface area contributed by atoms with Gasteiger partial charge >= 0.3 is 0 Å². The molecule has 0 saturated heterocycles. The van der Waals surface area contributed by atoms with Crippen molar-refractivity contribution in [3.8, 4) is 0 Å². The fourth-order valence-electron chi connectivity index (χ4n) is 3.21. The molecule has 6 nitrogen and oxygen atoms in total. The summed E-state index contributed by atoms with van der Waals surface area (Å²) in [5, 5.41) is 4.25. The minimum Gasteiger partial charge on any atom is -0.313 e. The number of nitrogens with one attached hydrogen (secondary N) is 1. The number of aryl methyl sites for hydroxylation is 2. The van der Waals surface area contributed by atoms with Crippen LogP contribution in [0.15, 0.2) is 59.7 Å². The highest BCUT2D eigenvalue weighted by Gasteiger charge is 2.21. The van der Waals surface area contributed by atoms with Crippen molar-refractivity contribution in [2.45, 2.75) is 13.8 Å². The van der Waals surface area contributed by atoms with E-state index in [9.17, 15) is 4.79 Å². The van der Waals surface area contributed by atoms with Crippen LogP contribution >= 0.6 is 0 Å². The Kier molecular flexibility index (Phi) is 3.80. The van der Waals surface area contributed by atoms with Crippen molar-refractivity contribution in [2.75, 3.05) is 0 Å². The van der Waals surface area contributed by atoms with Crippen molar-refractivity contribution in [3.63, 3.8) is 0 Å². The summed E-state index contributed by atoms with van der Waals surface area (Å²) in [5.74, 6) is 0.458. The number of para-hydroxylation sites is 2. The Balaban J connectivity index is 1.76. The lowest BCUT2D eigenvalue weighted by molar-refractivity contribution is 0.0948. The minimum atomic E-state index is -0.276. The van der Waals surface area contributed by atoms with Gasteiger partial charge in [0.1, 0.15) is 5.69 Å². The molecule has 0 atom stereocenters. The van der Waals surface area contributed by atoms with E-state index in [2.05, 4.69) is 15.5 Å². The van der Waals surface area contributed by atoms with Gasteiger partial charge in [-0.15, -0.1) is 0 Å². The lowest BCUT2D eigenvalue weighted by Gasteiger charge is -2.04. The highest BCUT2D eigenvalue weighted by molar-refractivity contribution is 6.01. The molecule has 0 aliphatic carbocycles. The molecule has 1 N–H and O–H groups in total. The molecule has 4 rings (SSSR count). The van der Waals surface area contributed by atoms with Crippen LogP contribution in [0, 0.1) is 6.92 Å². The zero-order valence-electron chi connectivity index (χ0n) is 14.9. The summed E-state index contributed by atoms with van der Waals surface area (Å²) in [7, 11) is 1.95. The van der Waals surface area contributed by atoms with Crippen LogP contribution in [0.2, 0.25) is 0 Å². The van der Waals surface area contributed by atoms with Crippen molar-refractivity contribution in [3.05, 3.63) is 71.5 Å². The van der Waals surface area contributed by atoms with Crippen LogP contribution in [0.3, 0.4) is 0 Å². The summed E-state index contributed by atoms with van der Waals surface area (Å²) in [6.45, 7) is 3.71. The summed E-state index contributed by atoms with van der Waals surface area (Å²) in [4.78, 5) is 17.4. The fraction of sp³-hybridized carbons (Fsp3) is 0.150. The lowest BCUT2D eigenvalue weighted by atomic mass is 10.1. The van der Waals surface area contributed by atoms with Crippen LogP contribution in [0.25, 0.3) is 16.8 Å². The number of rotatable bonds is 3. The van der Waals surface area contributed by atoms with Crippen LogP contribution in [-0.2, 0) is 7.05 Å². The average Bonchev–Trinajstić information content (AvgIpc) is 3.15. The summed E-state index contributed by atoms with van der Waals surface area (Å²) in [6, 6.07) is 17.7. The molecule has 0 unspecified atom stereocenters. The molecule has 2 aromatic heterocycles. The molecule has 4 aromatic rings. The zero-order chi connectivity index (χ0) is 18.3. The Morgan fingerprint density at radius 1 is 1.04 bits per heavy atom. The van der Waals surface area contributed by atoms with Crippen LogP contribution in [-0.4, -0.2) is 25.6 Å². The van der Waals surface area contributed by atoms with Crippen molar-refractivity contribution in [1.29, 1.82) is 0 Å².